The Morgan fingerprint density at radius 3 is 2.70 bits per heavy atom. The van der Waals surface area contributed by atoms with Gasteiger partial charge in [0, 0.05) is 18.7 Å². The zero-order valence-corrected chi connectivity index (χ0v) is 17.1. The van der Waals surface area contributed by atoms with Gasteiger partial charge in [-0.2, -0.15) is 4.98 Å². The molecular formula is C23H26N4O3. The van der Waals surface area contributed by atoms with Crippen LogP contribution >= 0.6 is 0 Å². The highest BCUT2D eigenvalue weighted by atomic mass is 16.5. The van der Waals surface area contributed by atoms with E-state index >= 15 is 0 Å². The van der Waals surface area contributed by atoms with E-state index in [0.29, 0.717) is 24.8 Å². The molecule has 3 aromatic rings. The molecule has 1 saturated heterocycles. The van der Waals surface area contributed by atoms with Crippen LogP contribution in [0.5, 0.6) is 5.75 Å². The molecule has 156 valence electrons. The summed E-state index contributed by atoms with van der Waals surface area (Å²) in [5.41, 5.74) is 1.91. The van der Waals surface area contributed by atoms with Crippen LogP contribution in [0.3, 0.4) is 0 Å². The van der Waals surface area contributed by atoms with Crippen molar-refractivity contribution in [3.05, 3.63) is 66.1 Å². The maximum absolute atomic E-state index is 13.0. The van der Waals surface area contributed by atoms with Gasteiger partial charge in [0.1, 0.15) is 11.8 Å². The number of nitrogens with one attached hydrogen (secondary N) is 1. The van der Waals surface area contributed by atoms with Gasteiger partial charge in [0.05, 0.1) is 7.11 Å². The third-order valence-electron chi connectivity index (χ3n) is 5.38. The molecule has 0 spiro atoms. The Morgan fingerprint density at radius 2 is 1.93 bits per heavy atom. The molecule has 2 heterocycles. The SMILES string of the molecule is COc1ccc(CNC(=O)N2CCCCCC2c2nc(-c3ccccc3)no2)cc1. The molecule has 1 N–H and O–H groups in total. The Balaban J connectivity index is 1.47. The van der Waals surface area contributed by atoms with Gasteiger partial charge < -0.3 is 19.5 Å². The summed E-state index contributed by atoms with van der Waals surface area (Å²) in [5.74, 6) is 1.84. The highest BCUT2D eigenvalue weighted by Crippen LogP contribution is 2.30. The molecule has 1 aromatic heterocycles. The third-order valence-corrected chi connectivity index (χ3v) is 5.38. The zero-order chi connectivity index (χ0) is 20.8. The highest BCUT2D eigenvalue weighted by Gasteiger charge is 2.31. The van der Waals surface area contributed by atoms with E-state index in [2.05, 4.69) is 15.5 Å². The van der Waals surface area contributed by atoms with Crippen molar-refractivity contribution in [2.24, 2.45) is 0 Å². The molecule has 1 atom stereocenters. The van der Waals surface area contributed by atoms with E-state index in [9.17, 15) is 4.79 Å². The first-order chi connectivity index (χ1) is 14.7. The fraction of sp³-hybridized carbons (Fsp3) is 0.348. The van der Waals surface area contributed by atoms with Crippen LogP contribution in [0.4, 0.5) is 4.79 Å². The Bertz CT molecular complexity index is 956. The first kappa shape index (κ1) is 19.9. The zero-order valence-electron chi connectivity index (χ0n) is 17.1. The Labute approximate surface area is 176 Å². The predicted octanol–water partition coefficient (Wildman–Crippen LogP) is 4.57. The summed E-state index contributed by atoms with van der Waals surface area (Å²) in [4.78, 5) is 19.4. The standard InChI is InChI=1S/C23H26N4O3/c1-29-19-13-11-17(12-14-19)16-24-23(28)27-15-7-3-6-10-20(27)22-25-21(26-30-22)18-8-4-2-5-9-18/h2,4-5,8-9,11-14,20H,3,6-7,10,15-16H2,1H3,(H,24,28). The van der Waals surface area contributed by atoms with Crippen LogP contribution in [-0.2, 0) is 6.54 Å². The molecule has 1 aliphatic rings. The smallest absolute Gasteiger partial charge is 0.318 e. The number of hydrogen-bond acceptors (Lipinski definition) is 5. The van der Waals surface area contributed by atoms with E-state index in [1.807, 2.05) is 59.5 Å². The lowest BCUT2D eigenvalue weighted by molar-refractivity contribution is 0.158. The van der Waals surface area contributed by atoms with Crippen LogP contribution in [0.1, 0.15) is 43.2 Å². The number of carbonyl (C=O) groups is 1. The van der Waals surface area contributed by atoms with Crippen molar-refractivity contribution in [3.63, 3.8) is 0 Å². The normalized spacial score (nSPS) is 16.7. The second-order valence-corrected chi connectivity index (χ2v) is 7.39. The minimum atomic E-state index is -0.215. The summed E-state index contributed by atoms with van der Waals surface area (Å²) >= 11 is 0. The number of rotatable bonds is 5. The van der Waals surface area contributed by atoms with E-state index in [-0.39, 0.29) is 12.1 Å². The van der Waals surface area contributed by atoms with E-state index in [1.165, 1.54) is 0 Å². The van der Waals surface area contributed by atoms with Gasteiger partial charge in [-0.15, -0.1) is 0 Å². The summed E-state index contributed by atoms with van der Waals surface area (Å²) in [6.07, 6.45) is 3.88. The summed E-state index contributed by atoms with van der Waals surface area (Å²) in [5, 5.41) is 7.17. The summed E-state index contributed by atoms with van der Waals surface area (Å²) in [6.45, 7) is 1.12. The molecule has 4 rings (SSSR count). The summed E-state index contributed by atoms with van der Waals surface area (Å²) in [7, 11) is 1.64. The molecule has 2 aromatic carbocycles. The van der Waals surface area contributed by atoms with Crippen molar-refractivity contribution in [1.29, 1.82) is 0 Å². The predicted molar refractivity (Wildman–Crippen MR) is 113 cm³/mol. The van der Waals surface area contributed by atoms with Crippen molar-refractivity contribution in [2.45, 2.75) is 38.3 Å². The molecule has 0 saturated carbocycles. The maximum Gasteiger partial charge on any atom is 0.318 e. The van der Waals surface area contributed by atoms with Gasteiger partial charge in [-0.3, -0.25) is 0 Å². The number of nitrogens with zero attached hydrogens (tertiary/aromatic N) is 3. The van der Waals surface area contributed by atoms with Gasteiger partial charge in [-0.25, -0.2) is 4.79 Å². The number of hydrogen-bond donors (Lipinski definition) is 1. The Kier molecular flexibility index (Phi) is 6.27. The molecule has 30 heavy (non-hydrogen) atoms. The number of methoxy groups -OCH3 is 1. The van der Waals surface area contributed by atoms with E-state index in [4.69, 9.17) is 9.26 Å². The largest absolute Gasteiger partial charge is 0.497 e. The molecule has 1 fully saturated rings. The Morgan fingerprint density at radius 1 is 1.13 bits per heavy atom. The highest BCUT2D eigenvalue weighted by molar-refractivity contribution is 5.74. The number of likely N-dealkylation sites (tertiary alicyclic amines) is 1. The van der Waals surface area contributed by atoms with Crippen molar-refractivity contribution in [1.82, 2.24) is 20.4 Å². The molecule has 1 unspecified atom stereocenters. The van der Waals surface area contributed by atoms with Gasteiger partial charge >= 0.3 is 6.03 Å². The lowest BCUT2D eigenvalue weighted by atomic mass is 10.1. The monoisotopic (exact) mass is 406 g/mol. The molecular weight excluding hydrogens is 380 g/mol. The summed E-state index contributed by atoms with van der Waals surface area (Å²) < 4.78 is 10.8. The van der Waals surface area contributed by atoms with Gasteiger partial charge in [-0.1, -0.05) is 60.5 Å². The molecule has 7 heteroatoms. The lowest BCUT2D eigenvalue weighted by Gasteiger charge is -2.27. The van der Waals surface area contributed by atoms with Gasteiger partial charge in [0.2, 0.25) is 11.7 Å². The topological polar surface area (TPSA) is 80.5 Å². The first-order valence-corrected chi connectivity index (χ1v) is 10.3. The minimum absolute atomic E-state index is 0.114. The Hall–Kier alpha value is -3.35. The van der Waals surface area contributed by atoms with E-state index in [1.54, 1.807) is 7.11 Å². The van der Waals surface area contributed by atoms with Crippen LogP contribution < -0.4 is 10.1 Å². The number of carbonyl (C=O) groups excluding carboxylic acids is 1. The third kappa shape index (κ3) is 4.62. The van der Waals surface area contributed by atoms with E-state index in [0.717, 1.165) is 42.6 Å². The molecule has 1 aliphatic heterocycles. The molecule has 2 amide bonds. The summed E-state index contributed by atoms with van der Waals surface area (Å²) in [6, 6.07) is 17.1. The van der Waals surface area contributed by atoms with Crippen molar-refractivity contribution < 1.29 is 14.1 Å². The second kappa shape index (κ2) is 9.43. The quantitative estimate of drug-likeness (QED) is 0.671. The fourth-order valence-electron chi connectivity index (χ4n) is 3.71. The number of ether oxygens (including phenoxy) is 1. The minimum Gasteiger partial charge on any atom is -0.497 e. The van der Waals surface area contributed by atoms with Crippen molar-refractivity contribution >= 4 is 6.03 Å². The average Bonchev–Trinajstić information content (AvgIpc) is 3.16. The van der Waals surface area contributed by atoms with Crippen LogP contribution in [0.25, 0.3) is 11.4 Å². The van der Waals surface area contributed by atoms with Crippen LogP contribution in [-0.4, -0.2) is 34.7 Å². The van der Waals surface area contributed by atoms with Crippen LogP contribution in [0.15, 0.2) is 59.1 Å². The van der Waals surface area contributed by atoms with Crippen molar-refractivity contribution in [3.8, 4) is 17.1 Å². The van der Waals surface area contributed by atoms with Gasteiger partial charge in [-0.05, 0) is 30.5 Å². The number of aromatic nitrogens is 2. The lowest BCUT2D eigenvalue weighted by Crippen LogP contribution is -2.42. The fourth-order valence-corrected chi connectivity index (χ4v) is 3.71. The van der Waals surface area contributed by atoms with Crippen molar-refractivity contribution in [2.75, 3.05) is 13.7 Å². The number of urea groups is 1. The molecule has 0 bridgehead atoms. The molecule has 0 radical (unpaired) electrons. The van der Waals surface area contributed by atoms with Crippen LogP contribution in [0.2, 0.25) is 0 Å². The molecule has 0 aliphatic carbocycles. The van der Waals surface area contributed by atoms with Crippen LogP contribution in [0, 0.1) is 0 Å². The van der Waals surface area contributed by atoms with E-state index < -0.39 is 0 Å². The second-order valence-electron chi connectivity index (χ2n) is 7.39. The molecule has 7 nitrogen and oxygen atoms in total. The first-order valence-electron chi connectivity index (χ1n) is 10.3. The maximum atomic E-state index is 13.0. The van der Waals surface area contributed by atoms with Gasteiger partial charge in [0.15, 0.2) is 0 Å². The number of amides is 2. The van der Waals surface area contributed by atoms with Gasteiger partial charge in [0.25, 0.3) is 0 Å². The average molecular weight is 406 g/mol. The number of benzene rings is 2.